The number of amides is 1. The Balaban J connectivity index is 1.83. The van der Waals surface area contributed by atoms with Crippen LogP contribution >= 0.6 is 12.2 Å². The fraction of sp³-hybridized carbons (Fsp3) is 0.867. The highest BCUT2D eigenvalue weighted by Crippen LogP contribution is 2.23. The third kappa shape index (κ3) is 4.63. The topological polar surface area (TPSA) is 52.8 Å². The van der Waals surface area contributed by atoms with Gasteiger partial charge < -0.3 is 10.6 Å². The minimum atomic E-state index is 0.169. The van der Waals surface area contributed by atoms with Crippen LogP contribution in [-0.4, -0.2) is 77.5 Å². The van der Waals surface area contributed by atoms with Gasteiger partial charge in [0.25, 0.3) is 0 Å². The number of carbonyl (C=O) groups excluding carboxylic acids is 1. The average Bonchev–Trinajstić information content (AvgIpc) is 2.45. The molecule has 2 unspecified atom stereocenters. The summed E-state index contributed by atoms with van der Waals surface area (Å²) in [6.07, 6.45) is 4.52. The zero-order valence-corrected chi connectivity index (χ0v) is 14.1. The van der Waals surface area contributed by atoms with Crippen LogP contribution in [0.1, 0.15) is 32.6 Å². The van der Waals surface area contributed by atoms with Crippen LogP contribution in [0.2, 0.25) is 0 Å². The molecule has 2 rings (SSSR count). The number of carbonyl (C=O) groups is 1. The highest BCUT2D eigenvalue weighted by atomic mass is 32.1. The predicted molar refractivity (Wildman–Crippen MR) is 89.3 cm³/mol. The molecule has 2 saturated heterocycles. The van der Waals surface area contributed by atoms with Crippen molar-refractivity contribution in [3.05, 3.63) is 0 Å². The van der Waals surface area contributed by atoms with E-state index < -0.39 is 0 Å². The van der Waals surface area contributed by atoms with Crippen molar-refractivity contribution in [1.29, 1.82) is 0 Å². The monoisotopic (exact) mass is 312 g/mol. The first-order valence-corrected chi connectivity index (χ1v) is 8.38. The molecule has 2 aliphatic rings. The average molecular weight is 312 g/mol. The number of piperazine rings is 1. The van der Waals surface area contributed by atoms with Crippen molar-refractivity contribution in [1.82, 2.24) is 14.7 Å². The molecule has 2 aliphatic heterocycles. The summed E-state index contributed by atoms with van der Waals surface area (Å²) < 4.78 is 0. The molecule has 0 bridgehead atoms. The summed E-state index contributed by atoms with van der Waals surface area (Å²) in [5.74, 6) is 0.169. The van der Waals surface area contributed by atoms with Gasteiger partial charge in [0.2, 0.25) is 5.91 Å². The minimum Gasteiger partial charge on any atom is -0.393 e. The number of thiocarbonyl (C=S) groups is 1. The van der Waals surface area contributed by atoms with E-state index in [1.807, 2.05) is 7.05 Å². The molecule has 120 valence electrons. The van der Waals surface area contributed by atoms with Gasteiger partial charge in [-0.1, -0.05) is 18.6 Å². The molecule has 2 atom stereocenters. The summed E-state index contributed by atoms with van der Waals surface area (Å²) in [6.45, 7) is 6.70. The van der Waals surface area contributed by atoms with Gasteiger partial charge in [-0.05, 0) is 26.3 Å². The van der Waals surface area contributed by atoms with Gasteiger partial charge in [-0.3, -0.25) is 14.6 Å². The lowest BCUT2D eigenvalue weighted by Crippen LogP contribution is -2.60. The van der Waals surface area contributed by atoms with Gasteiger partial charge >= 0.3 is 0 Å². The van der Waals surface area contributed by atoms with Crippen molar-refractivity contribution in [2.45, 2.75) is 44.7 Å². The Hall–Kier alpha value is -0.720. The molecule has 2 N–H and O–H groups in total. The van der Waals surface area contributed by atoms with Crippen molar-refractivity contribution in [3.8, 4) is 0 Å². The number of piperidine rings is 1. The maximum atomic E-state index is 12.3. The first kappa shape index (κ1) is 16.6. The second-order valence-electron chi connectivity index (χ2n) is 6.45. The highest BCUT2D eigenvalue weighted by molar-refractivity contribution is 7.80. The van der Waals surface area contributed by atoms with Gasteiger partial charge in [0, 0.05) is 45.2 Å². The van der Waals surface area contributed by atoms with E-state index in [-0.39, 0.29) is 5.91 Å². The molecule has 1 amide bonds. The lowest BCUT2D eigenvalue weighted by Gasteiger charge is -2.47. The van der Waals surface area contributed by atoms with Crippen LogP contribution in [0.3, 0.4) is 0 Å². The standard InChI is InChI=1S/C15H28N4OS/c1-12-9-18-7-4-3-5-13(18)10-19(12)11-15(20)17(2)8-6-14(16)21/h12-13H,3-11H2,1-2H3,(H2,16,21). The SMILES string of the molecule is CC1CN2CCCCC2CN1CC(=O)N(C)CCC(N)=S. The zero-order valence-electron chi connectivity index (χ0n) is 13.3. The lowest BCUT2D eigenvalue weighted by atomic mass is 9.97. The van der Waals surface area contributed by atoms with E-state index in [9.17, 15) is 4.79 Å². The summed E-state index contributed by atoms with van der Waals surface area (Å²) in [4.78, 5) is 19.5. The molecule has 6 heteroatoms. The molecule has 0 aromatic rings. The summed E-state index contributed by atoms with van der Waals surface area (Å²) >= 11 is 4.87. The Bertz CT molecular complexity index is 390. The van der Waals surface area contributed by atoms with Gasteiger partial charge in [-0.25, -0.2) is 0 Å². The first-order chi connectivity index (χ1) is 9.97. The third-order valence-electron chi connectivity index (χ3n) is 4.77. The fourth-order valence-electron chi connectivity index (χ4n) is 3.33. The molecule has 21 heavy (non-hydrogen) atoms. The van der Waals surface area contributed by atoms with Crippen LogP contribution in [0.4, 0.5) is 0 Å². The first-order valence-electron chi connectivity index (χ1n) is 7.97. The summed E-state index contributed by atoms with van der Waals surface area (Å²) in [5, 5.41) is 0. The van der Waals surface area contributed by atoms with Crippen LogP contribution in [0.15, 0.2) is 0 Å². The number of nitrogens with two attached hydrogens (primary N) is 1. The number of nitrogens with zero attached hydrogens (tertiary/aromatic N) is 3. The quantitative estimate of drug-likeness (QED) is 0.757. The zero-order chi connectivity index (χ0) is 15.4. The summed E-state index contributed by atoms with van der Waals surface area (Å²) in [6, 6.07) is 1.09. The van der Waals surface area contributed by atoms with Gasteiger partial charge in [-0.2, -0.15) is 0 Å². The van der Waals surface area contributed by atoms with Gasteiger partial charge in [0.05, 0.1) is 11.5 Å². The molecular weight excluding hydrogens is 284 g/mol. The maximum Gasteiger partial charge on any atom is 0.236 e. The third-order valence-corrected chi connectivity index (χ3v) is 4.98. The van der Waals surface area contributed by atoms with Crippen LogP contribution in [0.5, 0.6) is 0 Å². The van der Waals surface area contributed by atoms with Gasteiger partial charge in [0.15, 0.2) is 0 Å². The Morgan fingerprint density at radius 1 is 1.38 bits per heavy atom. The number of hydrogen-bond acceptors (Lipinski definition) is 4. The smallest absolute Gasteiger partial charge is 0.236 e. The molecule has 5 nitrogen and oxygen atoms in total. The Morgan fingerprint density at radius 3 is 2.86 bits per heavy atom. The Labute approximate surface area is 133 Å². The summed E-state index contributed by atoms with van der Waals surface area (Å²) in [5.41, 5.74) is 5.50. The maximum absolute atomic E-state index is 12.3. The molecule has 0 radical (unpaired) electrons. The number of rotatable bonds is 5. The lowest BCUT2D eigenvalue weighted by molar-refractivity contribution is -0.132. The van der Waals surface area contributed by atoms with Crippen LogP contribution in [0, 0.1) is 0 Å². The molecular formula is C15H28N4OS. The molecule has 0 saturated carbocycles. The van der Waals surface area contributed by atoms with Crippen molar-refractivity contribution < 1.29 is 4.79 Å². The molecule has 0 spiro atoms. The van der Waals surface area contributed by atoms with Crippen molar-refractivity contribution in [2.24, 2.45) is 5.73 Å². The van der Waals surface area contributed by atoms with E-state index in [0.29, 0.717) is 36.6 Å². The largest absolute Gasteiger partial charge is 0.393 e. The minimum absolute atomic E-state index is 0.169. The number of likely N-dealkylation sites (N-methyl/N-ethyl adjacent to an activating group) is 1. The Morgan fingerprint density at radius 2 is 2.14 bits per heavy atom. The molecule has 2 fully saturated rings. The number of hydrogen-bond donors (Lipinski definition) is 1. The van der Waals surface area contributed by atoms with E-state index in [1.165, 1.54) is 25.8 Å². The van der Waals surface area contributed by atoms with Crippen molar-refractivity contribution in [3.63, 3.8) is 0 Å². The van der Waals surface area contributed by atoms with Crippen LogP contribution in [-0.2, 0) is 4.79 Å². The highest BCUT2D eigenvalue weighted by Gasteiger charge is 2.33. The van der Waals surface area contributed by atoms with E-state index in [2.05, 4.69) is 16.7 Å². The van der Waals surface area contributed by atoms with Gasteiger partial charge in [-0.15, -0.1) is 0 Å². The van der Waals surface area contributed by atoms with Crippen molar-refractivity contribution in [2.75, 3.05) is 39.8 Å². The van der Waals surface area contributed by atoms with E-state index in [0.717, 1.165) is 13.1 Å². The molecule has 0 aliphatic carbocycles. The molecule has 0 aromatic carbocycles. The van der Waals surface area contributed by atoms with E-state index in [4.69, 9.17) is 18.0 Å². The second-order valence-corrected chi connectivity index (χ2v) is 6.98. The Kier molecular flexibility index (Phi) is 5.96. The fourth-order valence-corrected chi connectivity index (χ4v) is 3.42. The molecule has 0 aromatic heterocycles. The van der Waals surface area contributed by atoms with E-state index >= 15 is 0 Å². The second kappa shape index (κ2) is 7.51. The molecule has 2 heterocycles. The summed E-state index contributed by atoms with van der Waals surface area (Å²) in [7, 11) is 1.84. The predicted octanol–water partition coefficient (Wildman–Crippen LogP) is 0.680. The van der Waals surface area contributed by atoms with E-state index in [1.54, 1.807) is 4.90 Å². The normalized spacial score (nSPS) is 27.1. The van der Waals surface area contributed by atoms with Crippen LogP contribution in [0.25, 0.3) is 0 Å². The van der Waals surface area contributed by atoms with Gasteiger partial charge in [0.1, 0.15) is 0 Å². The van der Waals surface area contributed by atoms with Crippen molar-refractivity contribution >= 4 is 23.1 Å². The number of fused-ring (bicyclic) bond motifs is 1. The van der Waals surface area contributed by atoms with Crippen LogP contribution < -0.4 is 5.73 Å².